The number of aromatic nitrogens is 5. The maximum atomic E-state index is 4.31. The maximum Gasteiger partial charge on any atom is 0.0959 e. The third kappa shape index (κ3) is 2.14. The lowest BCUT2D eigenvalue weighted by Crippen LogP contribution is -2.00. The van der Waals surface area contributed by atoms with Gasteiger partial charge in [0, 0.05) is 46.3 Å². The van der Waals surface area contributed by atoms with Crippen LogP contribution in [0.5, 0.6) is 0 Å². The first-order valence-corrected chi connectivity index (χ1v) is 8.69. The zero-order valence-corrected chi connectivity index (χ0v) is 14.4. The van der Waals surface area contributed by atoms with Gasteiger partial charge in [-0.15, -0.1) is 5.10 Å². The summed E-state index contributed by atoms with van der Waals surface area (Å²) in [7, 11) is 0. The Hall–Kier alpha value is -3.47. The third-order valence-electron chi connectivity index (χ3n) is 4.82. The molecule has 0 aliphatic heterocycles. The van der Waals surface area contributed by atoms with Gasteiger partial charge in [-0.05, 0) is 43.3 Å². The van der Waals surface area contributed by atoms with Crippen molar-refractivity contribution < 1.29 is 0 Å². The minimum Gasteiger partial charge on any atom is -0.341 e. The van der Waals surface area contributed by atoms with Crippen LogP contribution in [0.3, 0.4) is 0 Å². The van der Waals surface area contributed by atoms with Crippen molar-refractivity contribution in [2.24, 2.45) is 0 Å². The maximum absolute atomic E-state index is 4.31. The minimum absolute atomic E-state index is 0.927. The molecule has 5 rings (SSSR count). The Balaban J connectivity index is 1.75. The molecule has 0 N–H and O–H groups in total. The van der Waals surface area contributed by atoms with E-state index in [1.54, 1.807) is 12.4 Å². The molecule has 0 aliphatic rings. The van der Waals surface area contributed by atoms with E-state index in [1.807, 2.05) is 23.0 Å². The van der Waals surface area contributed by atoms with E-state index in [4.69, 9.17) is 0 Å². The van der Waals surface area contributed by atoms with Crippen LogP contribution >= 0.6 is 0 Å². The van der Waals surface area contributed by atoms with Crippen LogP contribution in [0, 0.1) is 0 Å². The highest BCUT2D eigenvalue weighted by molar-refractivity contribution is 6.08. The van der Waals surface area contributed by atoms with E-state index in [-0.39, 0.29) is 0 Å². The Kier molecular flexibility index (Phi) is 3.31. The summed E-state index contributed by atoms with van der Waals surface area (Å²) in [6.45, 7) is 3.12. The van der Waals surface area contributed by atoms with Crippen molar-refractivity contribution in [2.75, 3.05) is 0 Å². The van der Waals surface area contributed by atoms with Crippen molar-refractivity contribution in [1.82, 2.24) is 24.5 Å². The number of rotatable bonds is 3. The van der Waals surface area contributed by atoms with Crippen LogP contribution in [0.4, 0.5) is 0 Å². The number of pyridine rings is 1. The molecule has 3 heterocycles. The molecular weight excluding hydrogens is 322 g/mol. The molecule has 0 atom stereocenters. The Morgan fingerprint density at radius 3 is 2.62 bits per heavy atom. The van der Waals surface area contributed by atoms with Crippen LogP contribution in [0.1, 0.15) is 6.92 Å². The van der Waals surface area contributed by atoms with Gasteiger partial charge in [0.15, 0.2) is 0 Å². The summed E-state index contributed by atoms with van der Waals surface area (Å²) < 4.78 is 4.21. The summed E-state index contributed by atoms with van der Waals surface area (Å²) in [5.41, 5.74) is 5.41. The van der Waals surface area contributed by atoms with Crippen LogP contribution in [-0.2, 0) is 6.54 Å². The fourth-order valence-electron chi connectivity index (χ4n) is 3.65. The molecule has 126 valence electrons. The molecule has 5 heteroatoms. The van der Waals surface area contributed by atoms with E-state index >= 15 is 0 Å². The highest BCUT2D eigenvalue weighted by Gasteiger charge is 2.13. The number of fused-ring (bicyclic) bond motifs is 3. The SMILES string of the molecule is CCn1c2ccccc2c2cc(-n3nncc3-c3cccnc3)ccc21. The van der Waals surface area contributed by atoms with E-state index in [0.717, 1.165) is 23.5 Å². The van der Waals surface area contributed by atoms with Gasteiger partial charge in [0.05, 0.1) is 17.6 Å². The predicted octanol–water partition coefficient (Wildman–Crippen LogP) is 4.46. The fourth-order valence-corrected chi connectivity index (χ4v) is 3.65. The average molecular weight is 339 g/mol. The molecule has 5 aromatic rings. The smallest absolute Gasteiger partial charge is 0.0959 e. The van der Waals surface area contributed by atoms with Gasteiger partial charge in [0.25, 0.3) is 0 Å². The van der Waals surface area contributed by atoms with Crippen LogP contribution in [-0.4, -0.2) is 24.5 Å². The highest BCUT2D eigenvalue weighted by Crippen LogP contribution is 2.31. The van der Waals surface area contributed by atoms with Crippen molar-refractivity contribution in [1.29, 1.82) is 0 Å². The van der Waals surface area contributed by atoms with Crippen LogP contribution < -0.4 is 0 Å². The Bertz CT molecular complexity index is 1220. The van der Waals surface area contributed by atoms with E-state index in [2.05, 4.69) is 69.3 Å². The lowest BCUT2D eigenvalue weighted by Gasteiger charge is -2.07. The molecule has 0 saturated carbocycles. The predicted molar refractivity (Wildman–Crippen MR) is 103 cm³/mol. The Morgan fingerprint density at radius 1 is 0.885 bits per heavy atom. The van der Waals surface area contributed by atoms with Gasteiger partial charge in [-0.25, -0.2) is 4.68 Å². The van der Waals surface area contributed by atoms with Gasteiger partial charge in [-0.2, -0.15) is 0 Å². The van der Waals surface area contributed by atoms with Gasteiger partial charge < -0.3 is 4.57 Å². The molecule has 3 aromatic heterocycles. The standard InChI is InChI=1S/C21H17N5/c1-2-25-19-8-4-3-7-17(19)18-12-16(9-10-20(18)25)26-21(14-23-24-26)15-6-5-11-22-13-15/h3-14H,2H2,1H3. The van der Waals surface area contributed by atoms with Crippen molar-refractivity contribution in [3.05, 3.63) is 73.2 Å². The molecule has 0 saturated heterocycles. The third-order valence-corrected chi connectivity index (χ3v) is 4.82. The van der Waals surface area contributed by atoms with Crippen molar-refractivity contribution >= 4 is 21.8 Å². The lowest BCUT2D eigenvalue weighted by molar-refractivity contribution is 0.807. The highest BCUT2D eigenvalue weighted by atomic mass is 15.4. The van der Waals surface area contributed by atoms with E-state index in [9.17, 15) is 0 Å². The van der Waals surface area contributed by atoms with E-state index < -0.39 is 0 Å². The molecule has 0 unspecified atom stereocenters. The van der Waals surface area contributed by atoms with Crippen LogP contribution in [0.2, 0.25) is 0 Å². The van der Waals surface area contributed by atoms with Gasteiger partial charge in [0.1, 0.15) is 0 Å². The number of hydrogen-bond acceptors (Lipinski definition) is 3. The van der Waals surface area contributed by atoms with Crippen LogP contribution in [0.15, 0.2) is 73.2 Å². The van der Waals surface area contributed by atoms with Gasteiger partial charge in [0.2, 0.25) is 0 Å². The van der Waals surface area contributed by atoms with Gasteiger partial charge in [-0.1, -0.05) is 23.4 Å². The molecule has 0 aliphatic carbocycles. The Labute approximate surface area is 150 Å². The number of hydrogen-bond donors (Lipinski definition) is 0. The zero-order valence-electron chi connectivity index (χ0n) is 14.4. The van der Waals surface area contributed by atoms with Gasteiger partial charge >= 0.3 is 0 Å². The second-order valence-corrected chi connectivity index (χ2v) is 6.24. The van der Waals surface area contributed by atoms with Crippen LogP contribution in [0.25, 0.3) is 38.8 Å². The van der Waals surface area contributed by atoms with Crippen molar-refractivity contribution in [3.63, 3.8) is 0 Å². The lowest BCUT2D eigenvalue weighted by atomic mass is 10.1. The topological polar surface area (TPSA) is 48.5 Å². The molecular formula is C21H17N5. The summed E-state index contributed by atoms with van der Waals surface area (Å²) in [4.78, 5) is 4.21. The van der Waals surface area contributed by atoms with Crippen molar-refractivity contribution in [3.8, 4) is 16.9 Å². The number of nitrogens with zero attached hydrogens (tertiary/aromatic N) is 5. The number of benzene rings is 2. The average Bonchev–Trinajstić information content (AvgIpc) is 3.31. The first-order chi connectivity index (χ1) is 12.9. The van der Waals surface area contributed by atoms with E-state index in [1.165, 1.54) is 21.8 Å². The second kappa shape index (κ2) is 5.81. The fraction of sp³-hybridized carbons (Fsp3) is 0.0952. The monoisotopic (exact) mass is 339 g/mol. The summed E-state index contributed by atoms with van der Waals surface area (Å²) in [6, 6.07) is 18.9. The molecule has 0 spiro atoms. The molecule has 0 radical (unpaired) electrons. The molecule has 0 fully saturated rings. The largest absolute Gasteiger partial charge is 0.341 e. The molecule has 2 aromatic carbocycles. The normalized spacial score (nSPS) is 11.4. The summed E-state index contributed by atoms with van der Waals surface area (Å²) in [5.74, 6) is 0. The summed E-state index contributed by atoms with van der Waals surface area (Å²) in [6.07, 6.45) is 5.37. The second-order valence-electron chi connectivity index (χ2n) is 6.24. The number of aryl methyl sites for hydroxylation is 1. The molecule has 0 amide bonds. The van der Waals surface area contributed by atoms with Gasteiger partial charge in [-0.3, -0.25) is 4.98 Å². The Morgan fingerprint density at radius 2 is 1.77 bits per heavy atom. The zero-order chi connectivity index (χ0) is 17.5. The molecule has 5 nitrogen and oxygen atoms in total. The molecule has 26 heavy (non-hydrogen) atoms. The molecule has 0 bridgehead atoms. The number of para-hydroxylation sites is 1. The summed E-state index contributed by atoms with van der Waals surface area (Å²) in [5, 5.41) is 10.9. The first-order valence-electron chi connectivity index (χ1n) is 8.69. The first kappa shape index (κ1) is 14.8. The minimum atomic E-state index is 0.927. The quantitative estimate of drug-likeness (QED) is 0.488. The summed E-state index contributed by atoms with van der Waals surface area (Å²) >= 11 is 0. The van der Waals surface area contributed by atoms with E-state index in [0.29, 0.717) is 0 Å². The van der Waals surface area contributed by atoms with Crippen molar-refractivity contribution in [2.45, 2.75) is 13.5 Å².